The molecule has 1 aromatic heterocycles. The van der Waals surface area contributed by atoms with Gasteiger partial charge in [0.2, 0.25) is 0 Å². The normalized spacial score (nSPS) is 25.1. The van der Waals surface area contributed by atoms with Gasteiger partial charge in [0.15, 0.2) is 0 Å². The Labute approximate surface area is 97.5 Å². The van der Waals surface area contributed by atoms with Gasteiger partial charge in [-0.05, 0) is 32.2 Å². The molecule has 1 heterocycles. The van der Waals surface area contributed by atoms with Gasteiger partial charge in [0, 0.05) is 19.0 Å². The number of rotatable bonds is 5. The molecule has 1 N–H and O–H groups in total. The minimum absolute atomic E-state index is 0.687. The van der Waals surface area contributed by atoms with Gasteiger partial charge in [-0.15, -0.1) is 0 Å². The Kier molecular flexibility index (Phi) is 3.93. The molecule has 2 unspecified atom stereocenters. The molecule has 1 saturated carbocycles. The molecule has 0 amide bonds. The van der Waals surface area contributed by atoms with Gasteiger partial charge in [0.25, 0.3) is 0 Å². The molecule has 0 aliphatic heterocycles. The molecule has 1 aromatic rings. The molecule has 4 heteroatoms. The zero-order chi connectivity index (χ0) is 11.4. The van der Waals surface area contributed by atoms with E-state index in [1.807, 2.05) is 4.68 Å². The fraction of sp³-hybridized carbons (Fsp3) is 0.833. The van der Waals surface area contributed by atoms with Gasteiger partial charge < -0.3 is 5.32 Å². The summed E-state index contributed by atoms with van der Waals surface area (Å²) in [6.07, 6.45) is 6.75. The number of aromatic nitrogens is 3. The molecule has 0 saturated heterocycles. The van der Waals surface area contributed by atoms with Crippen LogP contribution in [0.4, 0.5) is 0 Å². The fourth-order valence-corrected chi connectivity index (χ4v) is 2.76. The first-order valence-corrected chi connectivity index (χ1v) is 6.45. The van der Waals surface area contributed by atoms with Gasteiger partial charge in [-0.3, -0.25) is 4.68 Å². The largest absolute Gasteiger partial charge is 0.314 e. The zero-order valence-corrected chi connectivity index (χ0v) is 10.3. The molecule has 1 fully saturated rings. The van der Waals surface area contributed by atoms with Crippen LogP contribution < -0.4 is 5.32 Å². The van der Waals surface area contributed by atoms with Crippen LogP contribution in [0.5, 0.6) is 0 Å². The van der Waals surface area contributed by atoms with Crippen LogP contribution in [0.2, 0.25) is 0 Å². The van der Waals surface area contributed by atoms with Crippen molar-refractivity contribution in [2.75, 3.05) is 6.54 Å². The van der Waals surface area contributed by atoms with E-state index in [1.165, 1.54) is 19.3 Å². The third-order valence-electron chi connectivity index (χ3n) is 3.57. The molecule has 2 atom stereocenters. The second-order valence-corrected chi connectivity index (χ2v) is 4.55. The van der Waals surface area contributed by atoms with Crippen molar-refractivity contribution in [3.63, 3.8) is 0 Å². The summed E-state index contributed by atoms with van der Waals surface area (Å²) < 4.78 is 2.02. The smallest absolute Gasteiger partial charge is 0.138 e. The van der Waals surface area contributed by atoms with Crippen molar-refractivity contribution in [2.24, 2.45) is 5.92 Å². The second kappa shape index (κ2) is 5.43. The predicted octanol–water partition coefficient (Wildman–Crippen LogP) is 1.62. The van der Waals surface area contributed by atoms with Gasteiger partial charge in [-0.25, -0.2) is 4.98 Å². The van der Waals surface area contributed by atoms with E-state index < -0.39 is 0 Å². The molecular weight excluding hydrogens is 200 g/mol. The van der Waals surface area contributed by atoms with Gasteiger partial charge in [-0.2, -0.15) is 5.10 Å². The molecule has 90 valence electrons. The molecule has 16 heavy (non-hydrogen) atoms. The van der Waals surface area contributed by atoms with E-state index in [-0.39, 0.29) is 0 Å². The first-order chi connectivity index (χ1) is 7.85. The first kappa shape index (κ1) is 11.6. The highest BCUT2D eigenvalue weighted by Crippen LogP contribution is 2.28. The Morgan fingerprint density at radius 2 is 2.31 bits per heavy atom. The Bertz CT molecular complexity index is 321. The first-order valence-electron chi connectivity index (χ1n) is 6.45. The topological polar surface area (TPSA) is 42.7 Å². The fourth-order valence-electron chi connectivity index (χ4n) is 2.76. The van der Waals surface area contributed by atoms with Crippen LogP contribution in [-0.2, 0) is 13.0 Å². The monoisotopic (exact) mass is 222 g/mol. The second-order valence-electron chi connectivity index (χ2n) is 4.55. The lowest BCUT2D eigenvalue weighted by Crippen LogP contribution is -2.33. The van der Waals surface area contributed by atoms with E-state index >= 15 is 0 Å². The van der Waals surface area contributed by atoms with Gasteiger partial charge in [0.1, 0.15) is 12.2 Å². The quantitative estimate of drug-likeness (QED) is 0.823. The van der Waals surface area contributed by atoms with Crippen molar-refractivity contribution in [1.29, 1.82) is 0 Å². The standard InChI is InChI=1S/C12H22N4/c1-3-13-11-7-5-6-10(11)8-12-14-9-15-16(12)4-2/h9-11,13H,3-8H2,1-2H3. The van der Waals surface area contributed by atoms with Crippen molar-refractivity contribution >= 4 is 0 Å². The molecule has 4 nitrogen and oxygen atoms in total. The van der Waals surface area contributed by atoms with Crippen LogP contribution in [-0.4, -0.2) is 27.4 Å². The van der Waals surface area contributed by atoms with Crippen molar-refractivity contribution in [3.05, 3.63) is 12.2 Å². The number of aryl methyl sites for hydroxylation is 1. The van der Waals surface area contributed by atoms with Crippen molar-refractivity contribution in [1.82, 2.24) is 20.1 Å². The van der Waals surface area contributed by atoms with E-state index in [2.05, 4.69) is 29.2 Å². The third-order valence-corrected chi connectivity index (χ3v) is 3.57. The summed E-state index contributed by atoms with van der Waals surface area (Å²) >= 11 is 0. The lowest BCUT2D eigenvalue weighted by atomic mass is 9.99. The third kappa shape index (κ3) is 2.43. The SMILES string of the molecule is CCNC1CCCC1Cc1ncnn1CC. The summed E-state index contributed by atoms with van der Waals surface area (Å²) in [5, 5.41) is 7.82. The van der Waals surface area contributed by atoms with Crippen LogP contribution in [0.3, 0.4) is 0 Å². The van der Waals surface area contributed by atoms with E-state index in [0.29, 0.717) is 6.04 Å². The van der Waals surface area contributed by atoms with Crippen LogP contribution in [0.15, 0.2) is 6.33 Å². The zero-order valence-electron chi connectivity index (χ0n) is 10.3. The van der Waals surface area contributed by atoms with E-state index in [0.717, 1.165) is 31.3 Å². The van der Waals surface area contributed by atoms with E-state index in [9.17, 15) is 0 Å². The molecule has 0 bridgehead atoms. The highest BCUT2D eigenvalue weighted by molar-refractivity contribution is 4.93. The average molecular weight is 222 g/mol. The number of hydrogen-bond donors (Lipinski definition) is 1. The van der Waals surface area contributed by atoms with Gasteiger partial charge >= 0.3 is 0 Å². The maximum Gasteiger partial charge on any atom is 0.138 e. The Hall–Kier alpha value is -0.900. The lowest BCUT2D eigenvalue weighted by Gasteiger charge is -2.19. The number of hydrogen-bond acceptors (Lipinski definition) is 3. The summed E-state index contributed by atoms with van der Waals surface area (Å²) in [7, 11) is 0. The molecule has 0 radical (unpaired) electrons. The van der Waals surface area contributed by atoms with Crippen LogP contribution in [0, 0.1) is 5.92 Å². The summed E-state index contributed by atoms with van der Waals surface area (Å²) in [6.45, 7) is 6.30. The van der Waals surface area contributed by atoms with E-state index in [4.69, 9.17) is 0 Å². The predicted molar refractivity (Wildman–Crippen MR) is 64.2 cm³/mol. The molecular formula is C12H22N4. The number of nitrogens with zero attached hydrogens (tertiary/aromatic N) is 3. The highest BCUT2D eigenvalue weighted by atomic mass is 15.3. The summed E-state index contributed by atoms with van der Waals surface area (Å²) in [5.41, 5.74) is 0. The summed E-state index contributed by atoms with van der Waals surface area (Å²) in [6, 6.07) is 0.687. The Morgan fingerprint density at radius 1 is 1.44 bits per heavy atom. The molecule has 1 aliphatic rings. The molecule has 0 aromatic carbocycles. The van der Waals surface area contributed by atoms with Crippen molar-refractivity contribution in [3.8, 4) is 0 Å². The minimum Gasteiger partial charge on any atom is -0.314 e. The van der Waals surface area contributed by atoms with Gasteiger partial charge in [-0.1, -0.05) is 13.3 Å². The summed E-state index contributed by atoms with van der Waals surface area (Å²) in [5.74, 6) is 1.90. The van der Waals surface area contributed by atoms with Crippen molar-refractivity contribution < 1.29 is 0 Å². The van der Waals surface area contributed by atoms with Crippen LogP contribution in [0.25, 0.3) is 0 Å². The van der Waals surface area contributed by atoms with Crippen LogP contribution >= 0.6 is 0 Å². The Morgan fingerprint density at radius 3 is 3.06 bits per heavy atom. The molecule has 1 aliphatic carbocycles. The average Bonchev–Trinajstić information content (AvgIpc) is 2.89. The van der Waals surface area contributed by atoms with Crippen molar-refractivity contribution in [2.45, 2.75) is 52.1 Å². The maximum absolute atomic E-state index is 4.37. The highest BCUT2D eigenvalue weighted by Gasteiger charge is 2.27. The van der Waals surface area contributed by atoms with E-state index in [1.54, 1.807) is 6.33 Å². The molecule has 2 rings (SSSR count). The van der Waals surface area contributed by atoms with Gasteiger partial charge in [0.05, 0.1) is 0 Å². The molecule has 0 spiro atoms. The lowest BCUT2D eigenvalue weighted by molar-refractivity contribution is 0.392. The summed E-state index contributed by atoms with van der Waals surface area (Å²) in [4.78, 5) is 4.37. The Balaban J connectivity index is 1.98. The maximum atomic E-state index is 4.37. The van der Waals surface area contributed by atoms with Crippen LogP contribution in [0.1, 0.15) is 38.9 Å². The number of nitrogens with one attached hydrogen (secondary N) is 1. The minimum atomic E-state index is 0.687.